The van der Waals surface area contributed by atoms with Gasteiger partial charge < -0.3 is 15.0 Å². The number of carbonyl (C=O) groups excluding carboxylic acids is 1. The van der Waals surface area contributed by atoms with E-state index in [0.717, 1.165) is 12.1 Å². The van der Waals surface area contributed by atoms with Crippen LogP contribution in [0.1, 0.15) is 24.4 Å². The van der Waals surface area contributed by atoms with E-state index >= 15 is 0 Å². The molecule has 2 atom stereocenters. The fourth-order valence-corrected chi connectivity index (χ4v) is 4.18. The topological polar surface area (TPSA) is 41.6 Å². The van der Waals surface area contributed by atoms with Gasteiger partial charge >= 0.3 is 12.1 Å². The van der Waals surface area contributed by atoms with Crippen molar-refractivity contribution in [3.8, 4) is 11.5 Å². The van der Waals surface area contributed by atoms with E-state index in [1.165, 1.54) is 18.2 Å². The second-order valence-corrected chi connectivity index (χ2v) is 7.71. The molecule has 10 heteroatoms. The average Bonchev–Trinajstić information content (AvgIpc) is 2.78. The highest BCUT2D eigenvalue weighted by Gasteiger charge is 2.45. The second-order valence-electron chi connectivity index (χ2n) is 6.85. The van der Waals surface area contributed by atoms with Crippen LogP contribution in [0.3, 0.4) is 0 Å². The summed E-state index contributed by atoms with van der Waals surface area (Å²) in [5, 5.41) is 2.03. The van der Waals surface area contributed by atoms with Crippen LogP contribution in [0.4, 0.5) is 27.6 Å². The van der Waals surface area contributed by atoms with Crippen molar-refractivity contribution in [3.05, 3.63) is 52.0 Å². The van der Waals surface area contributed by atoms with E-state index in [4.69, 9.17) is 4.74 Å². The molecular weight excluding hydrogens is 463 g/mol. The first-order valence-electron chi connectivity index (χ1n) is 8.76. The summed E-state index contributed by atoms with van der Waals surface area (Å²) in [4.78, 5) is 13.3. The molecule has 0 radical (unpaired) electrons. The molecule has 0 bridgehead atoms. The number of hydrogen-bond donors (Lipinski definition) is 1. The van der Waals surface area contributed by atoms with Gasteiger partial charge in [0.05, 0.1) is 22.2 Å². The molecule has 4 nitrogen and oxygen atoms in total. The normalized spacial score (nSPS) is 20.7. The summed E-state index contributed by atoms with van der Waals surface area (Å²) in [6.45, 7) is 0.410. The molecule has 2 aliphatic rings. The van der Waals surface area contributed by atoms with E-state index in [-0.39, 0.29) is 28.0 Å². The van der Waals surface area contributed by atoms with Gasteiger partial charge in [-0.25, -0.2) is 8.78 Å². The number of nitrogens with zero attached hydrogens (tertiary/aromatic N) is 1. The highest BCUT2D eigenvalue weighted by molar-refractivity contribution is 9.10. The fraction of sp³-hybridized carbons (Fsp3) is 0.316. The Labute approximate surface area is 170 Å². The first kappa shape index (κ1) is 19.9. The van der Waals surface area contributed by atoms with E-state index in [2.05, 4.69) is 15.9 Å². The molecule has 0 unspecified atom stereocenters. The maximum atomic E-state index is 14.5. The minimum Gasteiger partial charge on any atom is -0.452 e. The molecule has 2 heterocycles. The number of alkyl halides is 3. The van der Waals surface area contributed by atoms with Gasteiger partial charge in [-0.15, -0.1) is 0 Å². The van der Waals surface area contributed by atoms with Crippen LogP contribution in [-0.4, -0.2) is 24.7 Å². The van der Waals surface area contributed by atoms with Gasteiger partial charge in [-0.3, -0.25) is 4.79 Å². The molecule has 1 saturated heterocycles. The first-order chi connectivity index (χ1) is 13.7. The Bertz CT molecular complexity index is 982. The predicted octanol–water partition coefficient (Wildman–Crippen LogP) is 5.22. The van der Waals surface area contributed by atoms with Crippen LogP contribution in [0.2, 0.25) is 0 Å². The maximum Gasteiger partial charge on any atom is 0.471 e. The molecule has 2 aliphatic heterocycles. The molecule has 1 fully saturated rings. The molecule has 0 aliphatic carbocycles. The van der Waals surface area contributed by atoms with E-state index in [0.29, 0.717) is 18.7 Å². The predicted molar refractivity (Wildman–Crippen MR) is 97.9 cm³/mol. The van der Waals surface area contributed by atoms with Crippen LogP contribution in [0, 0.1) is 11.6 Å². The lowest BCUT2D eigenvalue weighted by molar-refractivity contribution is -0.174. The lowest BCUT2D eigenvalue weighted by Crippen LogP contribution is -2.52. The number of nitrogens with one attached hydrogen (secondary N) is 1. The zero-order valence-electron chi connectivity index (χ0n) is 14.7. The number of carbonyl (C=O) groups is 1. The molecule has 4 rings (SSSR count). The number of fused-ring (bicyclic) bond motifs is 5. The summed E-state index contributed by atoms with van der Waals surface area (Å²) in [6.07, 6.45) is -4.31. The highest BCUT2D eigenvalue weighted by atomic mass is 79.9. The zero-order valence-corrected chi connectivity index (χ0v) is 16.3. The molecule has 2 aromatic carbocycles. The van der Waals surface area contributed by atoms with Crippen molar-refractivity contribution < 1.29 is 31.5 Å². The summed E-state index contributed by atoms with van der Waals surface area (Å²) in [7, 11) is 0. The number of ether oxygens (including phenoxy) is 1. The highest BCUT2D eigenvalue weighted by Crippen LogP contribution is 2.49. The van der Waals surface area contributed by atoms with Crippen LogP contribution in [-0.2, 0) is 4.79 Å². The van der Waals surface area contributed by atoms with E-state index in [1.54, 1.807) is 4.90 Å². The van der Waals surface area contributed by atoms with Gasteiger partial charge in [0.25, 0.3) is 0 Å². The summed E-state index contributed by atoms with van der Waals surface area (Å²) in [5.74, 6) is -3.57. The quantitative estimate of drug-likeness (QED) is 0.573. The van der Waals surface area contributed by atoms with Crippen LogP contribution < -0.4 is 15.0 Å². The minimum absolute atomic E-state index is 0.0438. The third kappa shape index (κ3) is 3.54. The van der Waals surface area contributed by atoms with Gasteiger partial charge in [0, 0.05) is 18.2 Å². The monoisotopic (exact) mass is 476 g/mol. The van der Waals surface area contributed by atoms with Gasteiger partial charge in [0.15, 0.2) is 17.3 Å². The number of piperidine rings is 1. The van der Waals surface area contributed by atoms with Gasteiger partial charge in [-0.2, -0.15) is 13.2 Å². The summed E-state index contributed by atoms with van der Waals surface area (Å²) in [5.41, 5.74) is 0.676. The van der Waals surface area contributed by atoms with Gasteiger partial charge in [0.2, 0.25) is 0 Å². The Hall–Kier alpha value is -2.36. The molecule has 2 aromatic rings. The Morgan fingerprint density at radius 1 is 1.21 bits per heavy atom. The summed E-state index contributed by atoms with van der Waals surface area (Å²) < 4.78 is 73.0. The third-order valence-electron chi connectivity index (χ3n) is 5.04. The van der Waals surface area contributed by atoms with Crippen molar-refractivity contribution >= 4 is 27.5 Å². The number of rotatable bonds is 1. The molecule has 0 saturated carbocycles. The van der Waals surface area contributed by atoms with Gasteiger partial charge in [-0.05, 0) is 40.9 Å². The smallest absolute Gasteiger partial charge is 0.452 e. The number of halogens is 6. The maximum absolute atomic E-state index is 14.5. The van der Waals surface area contributed by atoms with Crippen molar-refractivity contribution in [2.75, 3.05) is 11.4 Å². The molecule has 1 amide bonds. The Kier molecular flexibility index (Phi) is 4.92. The third-order valence-corrected chi connectivity index (χ3v) is 5.65. The Balaban J connectivity index is 1.87. The van der Waals surface area contributed by atoms with Crippen LogP contribution >= 0.6 is 15.9 Å². The van der Waals surface area contributed by atoms with Crippen molar-refractivity contribution in [2.45, 2.75) is 31.1 Å². The van der Waals surface area contributed by atoms with E-state index in [9.17, 15) is 26.7 Å². The number of para-hydroxylation sites is 1. The zero-order chi connectivity index (χ0) is 20.9. The Morgan fingerprint density at radius 3 is 2.69 bits per heavy atom. The summed E-state index contributed by atoms with van der Waals surface area (Å²) >= 11 is 3.10. The van der Waals surface area contributed by atoms with E-state index in [1.807, 2.05) is 5.32 Å². The van der Waals surface area contributed by atoms with Crippen molar-refractivity contribution in [1.82, 2.24) is 5.32 Å². The molecule has 29 heavy (non-hydrogen) atoms. The Morgan fingerprint density at radius 2 is 1.97 bits per heavy atom. The molecular formula is C19H14BrF5N2O2. The van der Waals surface area contributed by atoms with Crippen molar-refractivity contribution in [1.29, 1.82) is 0 Å². The fourth-order valence-electron chi connectivity index (χ4n) is 3.85. The number of anilines is 1. The van der Waals surface area contributed by atoms with Crippen LogP contribution in [0.25, 0.3) is 0 Å². The molecule has 1 N–H and O–H groups in total. The van der Waals surface area contributed by atoms with Crippen molar-refractivity contribution in [3.63, 3.8) is 0 Å². The standard InChI is InChI=1S/C19H14BrF5N2O2/c20-10-7-14-15(8-12(10)22)29-17-9(3-1-4-11(17)21)16-13(5-2-6-27(14)16)26-18(28)19(23,24)25/h1,3-4,7-8,13,16H,2,5-6H2,(H,26,28)/t13-,16-/m1/s1. The van der Waals surface area contributed by atoms with E-state index < -0.39 is 35.8 Å². The lowest BCUT2D eigenvalue weighted by Gasteiger charge is -2.42. The minimum atomic E-state index is -5.04. The SMILES string of the molecule is O=C(N[C@@H]1CCCN2c3cc(Br)c(F)cc3Oc3c(F)cccc3[C@H]12)C(F)(F)F. The molecule has 154 valence electrons. The van der Waals surface area contributed by atoms with Crippen LogP contribution in [0.5, 0.6) is 11.5 Å². The largest absolute Gasteiger partial charge is 0.471 e. The average molecular weight is 477 g/mol. The van der Waals surface area contributed by atoms with Crippen LogP contribution in [0.15, 0.2) is 34.8 Å². The van der Waals surface area contributed by atoms with Gasteiger partial charge in [-0.1, -0.05) is 12.1 Å². The number of hydrogen-bond acceptors (Lipinski definition) is 3. The molecule has 0 spiro atoms. The second kappa shape index (κ2) is 7.16. The number of benzene rings is 2. The van der Waals surface area contributed by atoms with Gasteiger partial charge in [0.1, 0.15) is 5.82 Å². The lowest BCUT2D eigenvalue weighted by atomic mass is 9.89. The molecule has 0 aromatic heterocycles. The first-order valence-corrected chi connectivity index (χ1v) is 9.55. The summed E-state index contributed by atoms with van der Waals surface area (Å²) in [6, 6.07) is 4.86. The van der Waals surface area contributed by atoms with Crippen molar-refractivity contribution in [2.24, 2.45) is 0 Å². The number of amides is 1.